The van der Waals surface area contributed by atoms with Crippen molar-refractivity contribution in [2.24, 2.45) is 0 Å². The standard InChI is InChI=1S/C22H19ClN4O2S2/c1-13-5-4-6-14(19(13)23)11-15-12-24-21(31-15)26-18(28)9-10-27-20(29)16-7-2-3-8-17(16)25-22(27)30/h2-8,12H,9-11H2,1H3,(H,25,30)(H,24,26,28). The highest BCUT2D eigenvalue weighted by Gasteiger charge is 2.11. The third kappa shape index (κ3) is 4.76. The van der Waals surface area contributed by atoms with Gasteiger partial charge in [-0.3, -0.25) is 14.2 Å². The first-order chi connectivity index (χ1) is 14.9. The number of rotatable bonds is 6. The third-order valence-corrected chi connectivity index (χ3v) is 6.66. The average Bonchev–Trinajstić information content (AvgIpc) is 3.18. The Morgan fingerprint density at radius 1 is 1.26 bits per heavy atom. The number of anilines is 1. The Labute approximate surface area is 192 Å². The number of amides is 1. The summed E-state index contributed by atoms with van der Waals surface area (Å²) in [5.41, 5.74) is 2.52. The van der Waals surface area contributed by atoms with Crippen molar-refractivity contribution >= 4 is 57.1 Å². The van der Waals surface area contributed by atoms with Gasteiger partial charge in [-0.25, -0.2) is 4.98 Å². The molecule has 6 nitrogen and oxygen atoms in total. The second-order valence-corrected chi connectivity index (χ2v) is 8.97. The van der Waals surface area contributed by atoms with Crippen LogP contribution in [0.2, 0.25) is 5.02 Å². The molecule has 31 heavy (non-hydrogen) atoms. The molecule has 0 spiro atoms. The van der Waals surface area contributed by atoms with Crippen LogP contribution in [-0.2, 0) is 17.8 Å². The number of fused-ring (bicyclic) bond motifs is 1. The highest BCUT2D eigenvalue weighted by atomic mass is 35.5. The van der Waals surface area contributed by atoms with Gasteiger partial charge in [0.2, 0.25) is 5.91 Å². The molecule has 0 atom stereocenters. The van der Waals surface area contributed by atoms with E-state index >= 15 is 0 Å². The molecule has 0 aliphatic carbocycles. The Balaban J connectivity index is 1.41. The molecule has 158 valence electrons. The van der Waals surface area contributed by atoms with E-state index < -0.39 is 0 Å². The van der Waals surface area contributed by atoms with Gasteiger partial charge < -0.3 is 10.3 Å². The molecule has 0 saturated heterocycles. The molecule has 0 bridgehead atoms. The number of nitrogens with one attached hydrogen (secondary N) is 2. The molecular formula is C22H19ClN4O2S2. The number of aromatic amines is 1. The molecule has 0 fully saturated rings. The number of nitrogens with zero attached hydrogens (tertiary/aromatic N) is 2. The number of carbonyl (C=O) groups is 1. The Morgan fingerprint density at radius 3 is 2.90 bits per heavy atom. The fourth-order valence-electron chi connectivity index (χ4n) is 3.28. The molecule has 0 aliphatic rings. The number of aryl methyl sites for hydroxylation is 1. The van der Waals surface area contributed by atoms with E-state index in [2.05, 4.69) is 15.3 Å². The minimum Gasteiger partial charge on any atom is -0.332 e. The molecule has 0 unspecified atom stereocenters. The van der Waals surface area contributed by atoms with Crippen LogP contribution < -0.4 is 10.9 Å². The second kappa shape index (κ2) is 9.13. The maximum absolute atomic E-state index is 12.7. The van der Waals surface area contributed by atoms with Crippen molar-refractivity contribution in [3.63, 3.8) is 0 Å². The summed E-state index contributed by atoms with van der Waals surface area (Å²) in [5.74, 6) is -0.232. The zero-order valence-electron chi connectivity index (χ0n) is 16.6. The van der Waals surface area contributed by atoms with Gasteiger partial charge in [0.1, 0.15) is 0 Å². The molecule has 2 aromatic carbocycles. The van der Waals surface area contributed by atoms with Crippen LogP contribution in [0.15, 0.2) is 53.5 Å². The molecule has 2 aromatic heterocycles. The normalized spacial score (nSPS) is 11.0. The van der Waals surface area contributed by atoms with E-state index in [1.54, 1.807) is 24.4 Å². The quantitative estimate of drug-likeness (QED) is 0.384. The van der Waals surface area contributed by atoms with Gasteiger partial charge in [-0.2, -0.15) is 0 Å². The smallest absolute Gasteiger partial charge is 0.262 e. The van der Waals surface area contributed by atoms with Gasteiger partial charge >= 0.3 is 0 Å². The lowest BCUT2D eigenvalue weighted by Gasteiger charge is -2.08. The lowest BCUT2D eigenvalue weighted by Crippen LogP contribution is -2.25. The molecule has 4 aromatic rings. The molecule has 2 N–H and O–H groups in total. The van der Waals surface area contributed by atoms with Crippen LogP contribution in [0.25, 0.3) is 10.9 Å². The van der Waals surface area contributed by atoms with E-state index in [-0.39, 0.29) is 24.4 Å². The van der Waals surface area contributed by atoms with Crippen LogP contribution >= 0.6 is 35.2 Å². The molecule has 1 amide bonds. The number of carbonyl (C=O) groups excluding carboxylic acids is 1. The van der Waals surface area contributed by atoms with Crippen molar-refractivity contribution in [2.45, 2.75) is 26.3 Å². The first kappa shape index (κ1) is 21.4. The van der Waals surface area contributed by atoms with E-state index in [1.165, 1.54) is 15.9 Å². The molecule has 4 rings (SSSR count). The number of hydrogen-bond acceptors (Lipinski definition) is 5. The van der Waals surface area contributed by atoms with Crippen LogP contribution in [0, 0.1) is 11.7 Å². The van der Waals surface area contributed by atoms with E-state index in [0.29, 0.717) is 27.2 Å². The summed E-state index contributed by atoms with van der Waals surface area (Å²) in [6.45, 7) is 2.15. The Hall–Kier alpha value is -2.81. The van der Waals surface area contributed by atoms with E-state index in [1.807, 2.05) is 31.2 Å². The van der Waals surface area contributed by atoms with Crippen molar-refractivity contribution in [1.82, 2.24) is 14.5 Å². The number of para-hydroxylation sites is 1. The SMILES string of the molecule is Cc1cccc(Cc2cnc(NC(=O)CCn3c(=S)[nH]c4ccccc4c3=O)s2)c1Cl. The van der Waals surface area contributed by atoms with Gasteiger partial charge in [-0.1, -0.05) is 41.9 Å². The van der Waals surface area contributed by atoms with Crippen LogP contribution in [0.3, 0.4) is 0 Å². The molecule has 0 radical (unpaired) electrons. The number of thiazole rings is 1. The van der Waals surface area contributed by atoms with Crippen LogP contribution in [0.5, 0.6) is 0 Å². The maximum Gasteiger partial charge on any atom is 0.262 e. The minimum absolute atomic E-state index is 0.106. The molecule has 9 heteroatoms. The summed E-state index contributed by atoms with van der Waals surface area (Å²) < 4.78 is 1.70. The largest absolute Gasteiger partial charge is 0.332 e. The van der Waals surface area contributed by atoms with Crippen LogP contribution in [-0.4, -0.2) is 20.4 Å². The van der Waals surface area contributed by atoms with Crippen LogP contribution in [0.1, 0.15) is 22.4 Å². The fraction of sp³-hybridized carbons (Fsp3) is 0.182. The summed E-state index contributed by atoms with van der Waals surface area (Å²) in [4.78, 5) is 33.4. The Kier molecular flexibility index (Phi) is 6.31. The zero-order valence-corrected chi connectivity index (χ0v) is 19.0. The van der Waals surface area contributed by atoms with Gasteiger partial charge in [0.05, 0.1) is 10.9 Å². The van der Waals surface area contributed by atoms with Gasteiger partial charge in [0, 0.05) is 35.5 Å². The van der Waals surface area contributed by atoms with Gasteiger partial charge in [-0.15, -0.1) is 11.3 Å². The van der Waals surface area contributed by atoms with Crippen molar-refractivity contribution in [1.29, 1.82) is 0 Å². The number of hydrogen-bond donors (Lipinski definition) is 2. The van der Waals surface area contributed by atoms with E-state index in [0.717, 1.165) is 21.0 Å². The molecule has 0 aliphatic heterocycles. The predicted octanol–water partition coefficient (Wildman–Crippen LogP) is 5.10. The fourth-order valence-corrected chi connectivity index (χ4v) is 4.61. The highest BCUT2D eigenvalue weighted by molar-refractivity contribution is 7.71. The van der Waals surface area contributed by atoms with Crippen molar-refractivity contribution in [2.75, 3.05) is 5.32 Å². The number of halogens is 1. The lowest BCUT2D eigenvalue weighted by molar-refractivity contribution is -0.116. The summed E-state index contributed by atoms with van der Waals surface area (Å²) >= 11 is 13.1. The maximum atomic E-state index is 12.7. The Bertz CT molecular complexity index is 1390. The van der Waals surface area contributed by atoms with Gasteiger partial charge in [-0.05, 0) is 42.4 Å². The number of H-pyrrole nitrogens is 1. The van der Waals surface area contributed by atoms with Crippen molar-refractivity contribution < 1.29 is 4.79 Å². The van der Waals surface area contributed by atoms with Gasteiger partial charge in [0.15, 0.2) is 9.90 Å². The highest BCUT2D eigenvalue weighted by Crippen LogP contribution is 2.26. The zero-order chi connectivity index (χ0) is 22.0. The summed E-state index contributed by atoms with van der Waals surface area (Å²) in [6.07, 6.45) is 2.49. The third-order valence-electron chi connectivity index (χ3n) is 4.89. The average molecular weight is 471 g/mol. The van der Waals surface area contributed by atoms with Crippen molar-refractivity contribution in [3.8, 4) is 0 Å². The van der Waals surface area contributed by atoms with E-state index in [9.17, 15) is 9.59 Å². The predicted molar refractivity (Wildman–Crippen MR) is 128 cm³/mol. The Morgan fingerprint density at radius 2 is 2.06 bits per heavy atom. The number of benzene rings is 2. The van der Waals surface area contributed by atoms with E-state index in [4.69, 9.17) is 23.8 Å². The number of aromatic nitrogens is 3. The molecule has 2 heterocycles. The monoisotopic (exact) mass is 470 g/mol. The minimum atomic E-state index is -0.232. The lowest BCUT2D eigenvalue weighted by atomic mass is 10.1. The van der Waals surface area contributed by atoms with Crippen LogP contribution in [0.4, 0.5) is 5.13 Å². The second-order valence-electron chi connectivity index (χ2n) is 7.09. The topological polar surface area (TPSA) is 79.8 Å². The molecular weight excluding hydrogens is 452 g/mol. The summed E-state index contributed by atoms with van der Waals surface area (Å²) in [6, 6.07) is 13.1. The van der Waals surface area contributed by atoms with Crippen molar-refractivity contribution in [3.05, 3.63) is 84.8 Å². The van der Waals surface area contributed by atoms with Gasteiger partial charge in [0.25, 0.3) is 5.56 Å². The summed E-state index contributed by atoms with van der Waals surface area (Å²) in [7, 11) is 0. The molecule has 0 saturated carbocycles. The summed E-state index contributed by atoms with van der Waals surface area (Å²) in [5, 5.41) is 4.60. The first-order valence-electron chi connectivity index (χ1n) is 9.63. The first-order valence-corrected chi connectivity index (χ1v) is 11.2.